The van der Waals surface area contributed by atoms with Gasteiger partial charge in [0, 0.05) is 6.20 Å². The second-order valence-electron chi connectivity index (χ2n) is 3.80. The molecule has 2 rings (SSSR count). The van der Waals surface area contributed by atoms with Gasteiger partial charge in [-0.2, -0.15) is 0 Å². The van der Waals surface area contributed by atoms with Gasteiger partial charge in [-0.05, 0) is 32.0 Å². The maximum Gasteiger partial charge on any atom is 0.145 e. The average Bonchev–Trinajstić information content (AvgIpc) is 2.69. The third-order valence-electron chi connectivity index (χ3n) is 2.35. The van der Waals surface area contributed by atoms with E-state index in [1.165, 1.54) is 0 Å². The summed E-state index contributed by atoms with van der Waals surface area (Å²) in [5.41, 5.74) is 0. The molecule has 0 bridgehead atoms. The summed E-state index contributed by atoms with van der Waals surface area (Å²) in [7, 11) is 0. The Morgan fingerprint density at radius 1 is 1.35 bits per heavy atom. The molecule has 0 aliphatic carbocycles. The minimum atomic E-state index is -0.00474. The molecule has 0 radical (unpaired) electrons. The molecule has 0 aromatic carbocycles. The molecule has 17 heavy (non-hydrogen) atoms. The van der Waals surface area contributed by atoms with Crippen LogP contribution in [0.2, 0.25) is 10.0 Å². The van der Waals surface area contributed by atoms with Crippen LogP contribution < -0.4 is 5.32 Å². The van der Waals surface area contributed by atoms with Crippen molar-refractivity contribution in [2.45, 2.75) is 19.9 Å². The van der Waals surface area contributed by atoms with Gasteiger partial charge >= 0.3 is 0 Å². The predicted octanol–water partition coefficient (Wildman–Crippen LogP) is 4.46. The van der Waals surface area contributed by atoms with Crippen molar-refractivity contribution in [3.63, 3.8) is 0 Å². The average molecular weight is 271 g/mol. The summed E-state index contributed by atoms with van der Waals surface area (Å²) in [6, 6.07) is 5.50. The van der Waals surface area contributed by atoms with Crippen molar-refractivity contribution >= 4 is 29.0 Å². The zero-order valence-electron chi connectivity index (χ0n) is 9.50. The standard InChI is InChI=1S/C12H12Cl2N2O/c1-7-3-4-11(17-7)8(2)16-12-10(14)5-9(13)6-15-12/h3-6,8H,1-2H3,(H,15,16). The topological polar surface area (TPSA) is 38.1 Å². The maximum absolute atomic E-state index is 6.03. The van der Waals surface area contributed by atoms with Gasteiger partial charge in [0.15, 0.2) is 0 Å². The van der Waals surface area contributed by atoms with Crippen LogP contribution in [0, 0.1) is 6.92 Å². The molecule has 2 aromatic rings. The van der Waals surface area contributed by atoms with E-state index in [4.69, 9.17) is 27.6 Å². The lowest BCUT2D eigenvalue weighted by Gasteiger charge is -2.13. The van der Waals surface area contributed by atoms with E-state index < -0.39 is 0 Å². The highest BCUT2D eigenvalue weighted by atomic mass is 35.5. The second-order valence-corrected chi connectivity index (χ2v) is 4.64. The monoisotopic (exact) mass is 270 g/mol. The van der Waals surface area contributed by atoms with Gasteiger partial charge in [0.05, 0.1) is 16.1 Å². The lowest BCUT2D eigenvalue weighted by molar-refractivity contribution is 0.466. The minimum absolute atomic E-state index is 0.00474. The zero-order chi connectivity index (χ0) is 12.4. The first-order chi connectivity index (χ1) is 8.06. The van der Waals surface area contributed by atoms with Crippen molar-refractivity contribution in [2.75, 3.05) is 5.32 Å². The van der Waals surface area contributed by atoms with Gasteiger partial charge in [0.1, 0.15) is 17.3 Å². The molecule has 2 aromatic heterocycles. The molecule has 0 spiro atoms. The van der Waals surface area contributed by atoms with E-state index in [0.717, 1.165) is 11.5 Å². The quantitative estimate of drug-likeness (QED) is 0.895. The van der Waals surface area contributed by atoms with Gasteiger partial charge in [-0.25, -0.2) is 4.98 Å². The Balaban J connectivity index is 2.15. The molecule has 0 aliphatic heterocycles. The Bertz CT molecular complexity index is 525. The van der Waals surface area contributed by atoms with Crippen molar-refractivity contribution in [1.29, 1.82) is 0 Å². The molecular formula is C12H12Cl2N2O. The van der Waals surface area contributed by atoms with Gasteiger partial charge < -0.3 is 9.73 Å². The Hall–Kier alpha value is -1.19. The van der Waals surface area contributed by atoms with E-state index >= 15 is 0 Å². The summed E-state index contributed by atoms with van der Waals surface area (Å²) in [4.78, 5) is 4.13. The fourth-order valence-corrected chi connectivity index (χ4v) is 1.92. The number of pyridine rings is 1. The van der Waals surface area contributed by atoms with Crippen LogP contribution in [0.15, 0.2) is 28.8 Å². The van der Waals surface area contributed by atoms with Crippen molar-refractivity contribution < 1.29 is 4.42 Å². The molecule has 90 valence electrons. The Morgan fingerprint density at radius 3 is 2.71 bits per heavy atom. The summed E-state index contributed by atoms with van der Waals surface area (Å²) in [6.07, 6.45) is 1.55. The number of hydrogen-bond donors (Lipinski definition) is 1. The van der Waals surface area contributed by atoms with Gasteiger partial charge in [0.25, 0.3) is 0 Å². The number of rotatable bonds is 3. The molecule has 1 atom stereocenters. The zero-order valence-corrected chi connectivity index (χ0v) is 11.0. The molecule has 3 nitrogen and oxygen atoms in total. The number of nitrogens with one attached hydrogen (secondary N) is 1. The number of nitrogens with zero attached hydrogens (tertiary/aromatic N) is 1. The van der Waals surface area contributed by atoms with Crippen molar-refractivity contribution in [2.24, 2.45) is 0 Å². The minimum Gasteiger partial charge on any atom is -0.464 e. The molecule has 1 N–H and O–H groups in total. The molecule has 0 amide bonds. The van der Waals surface area contributed by atoms with Crippen molar-refractivity contribution in [3.8, 4) is 0 Å². The molecule has 0 aliphatic rings. The number of halogens is 2. The molecule has 1 unspecified atom stereocenters. The Labute approximate surface area is 110 Å². The fourth-order valence-electron chi connectivity index (χ4n) is 1.48. The number of hydrogen-bond acceptors (Lipinski definition) is 3. The summed E-state index contributed by atoms with van der Waals surface area (Å²) < 4.78 is 5.52. The van der Waals surface area contributed by atoms with E-state index in [0.29, 0.717) is 15.9 Å². The first-order valence-corrected chi connectivity index (χ1v) is 5.96. The maximum atomic E-state index is 6.03. The lowest BCUT2D eigenvalue weighted by Crippen LogP contribution is -2.07. The third-order valence-corrected chi connectivity index (χ3v) is 2.84. The van der Waals surface area contributed by atoms with Gasteiger partial charge in [0.2, 0.25) is 0 Å². The second kappa shape index (κ2) is 4.98. The SMILES string of the molecule is Cc1ccc(C(C)Nc2ncc(Cl)cc2Cl)o1. The number of aromatic nitrogens is 1. The number of aryl methyl sites for hydroxylation is 1. The third kappa shape index (κ3) is 2.93. The molecule has 0 saturated carbocycles. The number of anilines is 1. The highest BCUT2D eigenvalue weighted by Crippen LogP contribution is 2.26. The molecule has 0 saturated heterocycles. The van der Waals surface area contributed by atoms with Gasteiger partial charge in [-0.1, -0.05) is 23.2 Å². The van der Waals surface area contributed by atoms with Crippen LogP contribution in [0.3, 0.4) is 0 Å². The van der Waals surface area contributed by atoms with Crippen molar-refractivity contribution in [3.05, 3.63) is 46.0 Å². The van der Waals surface area contributed by atoms with E-state index in [1.807, 2.05) is 26.0 Å². The van der Waals surface area contributed by atoms with Crippen LogP contribution in [0.4, 0.5) is 5.82 Å². The van der Waals surface area contributed by atoms with Crippen LogP contribution in [0.5, 0.6) is 0 Å². The van der Waals surface area contributed by atoms with Crippen molar-refractivity contribution in [1.82, 2.24) is 4.98 Å². The predicted molar refractivity (Wildman–Crippen MR) is 69.7 cm³/mol. The Morgan fingerprint density at radius 2 is 2.12 bits per heavy atom. The van der Waals surface area contributed by atoms with Crippen LogP contribution in [-0.2, 0) is 0 Å². The lowest BCUT2D eigenvalue weighted by atomic mass is 10.2. The normalized spacial score (nSPS) is 12.5. The van der Waals surface area contributed by atoms with Crippen LogP contribution >= 0.6 is 23.2 Å². The highest BCUT2D eigenvalue weighted by Gasteiger charge is 2.12. The van der Waals surface area contributed by atoms with E-state index in [2.05, 4.69) is 10.3 Å². The van der Waals surface area contributed by atoms with Crippen LogP contribution in [0.1, 0.15) is 24.5 Å². The Kier molecular flexibility index (Phi) is 3.60. The fraction of sp³-hybridized carbons (Fsp3) is 0.250. The van der Waals surface area contributed by atoms with Gasteiger partial charge in [-0.3, -0.25) is 0 Å². The highest BCUT2D eigenvalue weighted by molar-refractivity contribution is 6.35. The van der Waals surface area contributed by atoms with Crippen LogP contribution in [-0.4, -0.2) is 4.98 Å². The molecular weight excluding hydrogens is 259 g/mol. The molecule has 5 heteroatoms. The van der Waals surface area contributed by atoms with E-state index in [9.17, 15) is 0 Å². The van der Waals surface area contributed by atoms with E-state index in [-0.39, 0.29) is 6.04 Å². The summed E-state index contributed by atoms with van der Waals surface area (Å²) in [5.74, 6) is 2.32. The van der Waals surface area contributed by atoms with Gasteiger partial charge in [-0.15, -0.1) is 0 Å². The molecule has 0 fully saturated rings. The number of furan rings is 1. The summed E-state index contributed by atoms with van der Waals surface area (Å²) in [5, 5.41) is 4.18. The first kappa shape index (κ1) is 12.3. The smallest absolute Gasteiger partial charge is 0.145 e. The summed E-state index contributed by atoms with van der Waals surface area (Å²) in [6.45, 7) is 3.88. The van der Waals surface area contributed by atoms with Crippen LogP contribution in [0.25, 0.3) is 0 Å². The summed E-state index contributed by atoms with van der Waals surface area (Å²) >= 11 is 11.8. The first-order valence-electron chi connectivity index (χ1n) is 5.20. The van der Waals surface area contributed by atoms with E-state index in [1.54, 1.807) is 12.3 Å². The largest absolute Gasteiger partial charge is 0.464 e. The molecule has 2 heterocycles.